The first-order valence-electron chi connectivity index (χ1n) is 8.68. The molecule has 0 unspecified atom stereocenters. The smallest absolute Gasteiger partial charge is 0.200 e. The third-order valence-electron chi connectivity index (χ3n) is 5.76. The molecule has 2 fully saturated rings. The number of aryl methyl sites for hydroxylation is 1. The molecule has 3 heterocycles. The summed E-state index contributed by atoms with van der Waals surface area (Å²) in [5.41, 5.74) is 3.00. The summed E-state index contributed by atoms with van der Waals surface area (Å²) >= 11 is 0. The van der Waals surface area contributed by atoms with Crippen molar-refractivity contribution in [1.29, 1.82) is 0 Å². The topological polar surface area (TPSA) is 58.8 Å². The van der Waals surface area contributed by atoms with Crippen molar-refractivity contribution < 1.29 is 4.74 Å². The van der Waals surface area contributed by atoms with Gasteiger partial charge in [0, 0.05) is 26.2 Å². The minimum absolute atomic E-state index is 0.327. The summed E-state index contributed by atoms with van der Waals surface area (Å²) < 4.78 is 7.58. The van der Waals surface area contributed by atoms with Crippen molar-refractivity contribution in [2.45, 2.75) is 31.9 Å². The highest BCUT2D eigenvalue weighted by atomic mass is 16.5. The number of likely N-dealkylation sites (N-methyl/N-ethyl adjacent to an activating group) is 1. The maximum absolute atomic E-state index is 5.79. The van der Waals surface area contributed by atoms with Crippen LogP contribution in [0.3, 0.4) is 0 Å². The van der Waals surface area contributed by atoms with Crippen molar-refractivity contribution in [1.82, 2.24) is 24.7 Å². The van der Waals surface area contributed by atoms with Crippen LogP contribution < -0.4 is 4.90 Å². The second-order valence-electron chi connectivity index (χ2n) is 7.47. The third-order valence-corrected chi connectivity index (χ3v) is 5.76. The zero-order chi connectivity index (χ0) is 16.8. The lowest BCUT2D eigenvalue weighted by molar-refractivity contribution is -0.0209. The van der Waals surface area contributed by atoms with E-state index < -0.39 is 0 Å². The van der Waals surface area contributed by atoms with E-state index in [2.05, 4.69) is 45.3 Å². The Labute approximate surface area is 142 Å². The van der Waals surface area contributed by atoms with Gasteiger partial charge in [-0.15, -0.1) is 10.2 Å². The lowest BCUT2D eigenvalue weighted by Gasteiger charge is -2.40. The number of hydrogen-bond donors (Lipinski definition) is 0. The molecule has 7 heteroatoms. The predicted molar refractivity (Wildman–Crippen MR) is 92.2 cm³/mol. The molecule has 0 aromatic carbocycles. The molecule has 1 aliphatic heterocycles. The third kappa shape index (κ3) is 2.56. The highest BCUT2D eigenvalue weighted by molar-refractivity contribution is 5.68. The highest BCUT2D eigenvalue weighted by Crippen LogP contribution is 2.40. The van der Waals surface area contributed by atoms with Crippen LogP contribution in [0, 0.1) is 18.8 Å². The number of rotatable bonds is 3. The lowest BCUT2D eigenvalue weighted by Crippen LogP contribution is -2.47. The molecule has 0 N–H and O–H groups in total. The molecule has 24 heavy (non-hydrogen) atoms. The zero-order valence-electron chi connectivity index (χ0n) is 14.9. The molecular formula is C17H26N6O. The normalized spacial score (nSPS) is 30.3. The number of anilines is 1. The molecule has 4 rings (SSSR count). The number of nitrogens with zero attached hydrogens (tertiary/aromatic N) is 6. The summed E-state index contributed by atoms with van der Waals surface area (Å²) in [6.07, 6.45) is 4.33. The van der Waals surface area contributed by atoms with E-state index in [9.17, 15) is 0 Å². The summed E-state index contributed by atoms with van der Waals surface area (Å²) in [5, 5.41) is 12.8. The van der Waals surface area contributed by atoms with Crippen LogP contribution in [-0.2, 0) is 4.74 Å². The maximum Gasteiger partial charge on any atom is 0.200 e. The van der Waals surface area contributed by atoms with Gasteiger partial charge in [0.25, 0.3) is 0 Å². The molecule has 1 saturated heterocycles. The first-order valence-corrected chi connectivity index (χ1v) is 8.68. The first-order chi connectivity index (χ1) is 11.6. The second kappa shape index (κ2) is 5.97. The van der Waals surface area contributed by atoms with E-state index in [1.165, 1.54) is 6.42 Å². The number of methoxy groups -OCH3 is 1. The van der Waals surface area contributed by atoms with Gasteiger partial charge in [-0.3, -0.25) is 0 Å². The van der Waals surface area contributed by atoms with E-state index in [0.717, 1.165) is 36.5 Å². The summed E-state index contributed by atoms with van der Waals surface area (Å²) in [6.45, 7) is 4.17. The van der Waals surface area contributed by atoms with Crippen LogP contribution in [0.5, 0.6) is 0 Å². The molecule has 4 atom stereocenters. The Bertz CT molecular complexity index is 729. The van der Waals surface area contributed by atoms with Crippen molar-refractivity contribution in [2.24, 2.45) is 11.8 Å². The van der Waals surface area contributed by atoms with Gasteiger partial charge in [-0.2, -0.15) is 9.61 Å². The van der Waals surface area contributed by atoms with Gasteiger partial charge in [-0.05, 0) is 51.8 Å². The van der Waals surface area contributed by atoms with Gasteiger partial charge >= 0.3 is 0 Å². The maximum atomic E-state index is 5.79. The molecule has 2 aromatic heterocycles. The number of hydrogen-bond acceptors (Lipinski definition) is 6. The van der Waals surface area contributed by atoms with E-state index in [1.54, 1.807) is 10.8 Å². The Morgan fingerprint density at radius 3 is 2.67 bits per heavy atom. The SMILES string of the molecule is CO[C@@H]1C[C@H]2CN(c3cc(C)nn4cnnc34)C[C@H]2C[C@H]1N(C)C. The van der Waals surface area contributed by atoms with Gasteiger partial charge in [0.2, 0.25) is 5.65 Å². The van der Waals surface area contributed by atoms with E-state index in [-0.39, 0.29) is 0 Å². The Morgan fingerprint density at radius 2 is 1.96 bits per heavy atom. The van der Waals surface area contributed by atoms with Crippen LogP contribution in [-0.4, -0.2) is 71.2 Å². The van der Waals surface area contributed by atoms with Gasteiger partial charge in [-0.25, -0.2) is 0 Å². The largest absolute Gasteiger partial charge is 0.380 e. The average molecular weight is 330 g/mol. The van der Waals surface area contributed by atoms with Crippen molar-refractivity contribution in [3.05, 3.63) is 18.1 Å². The minimum atomic E-state index is 0.327. The number of ether oxygens (including phenoxy) is 1. The van der Waals surface area contributed by atoms with Crippen molar-refractivity contribution in [3.8, 4) is 0 Å². The standard InChI is InChI=1S/C17H26N6O/c1-11-5-15(17-19-18-10-23(17)20-11)22-8-12-6-14(21(2)3)16(24-4)7-13(12)9-22/h5,10,12-14,16H,6-9H2,1-4H3/t12-,13+,14-,16-/m1/s1. The van der Waals surface area contributed by atoms with Gasteiger partial charge in [0.05, 0.1) is 17.5 Å². The highest BCUT2D eigenvalue weighted by Gasteiger charge is 2.43. The summed E-state index contributed by atoms with van der Waals surface area (Å²) in [6, 6.07) is 2.64. The summed E-state index contributed by atoms with van der Waals surface area (Å²) in [5.74, 6) is 1.39. The van der Waals surface area contributed by atoms with Crippen LogP contribution >= 0.6 is 0 Å². The van der Waals surface area contributed by atoms with Crippen LogP contribution in [0.2, 0.25) is 0 Å². The molecule has 1 saturated carbocycles. The Hall–Kier alpha value is -1.73. The van der Waals surface area contributed by atoms with Crippen molar-refractivity contribution >= 4 is 11.3 Å². The monoisotopic (exact) mass is 330 g/mol. The van der Waals surface area contributed by atoms with Crippen LogP contribution in [0.1, 0.15) is 18.5 Å². The lowest BCUT2D eigenvalue weighted by atomic mass is 9.77. The van der Waals surface area contributed by atoms with Gasteiger partial charge < -0.3 is 14.5 Å². The van der Waals surface area contributed by atoms with E-state index >= 15 is 0 Å². The van der Waals surface area contributed by atoms with Crippen LogP contribution in [0.25, 0.3) is 5.65 Å². The minimum Gasteiger partial charge on any atom is -0.380 e. The second-order valence-corrected chi connectivity index (χ2v) is 7.47. The molecule has 130 valence electrons. The molecule has 1 aliphatic carbocycles. The molecule has 0 spiro atoms. The van der Waals surface area contributed by atoms with E-state index in [4.69, 9.17) is 4.74 Å². The number of aromatic nitrogens is 4. The quantitative estimate of drug-likeness (QED) is 0.843. The summed E-state index contributed by atoms with van der Waals surface area (Å²) in [4.78, 5) is 4.79. The van der Waals surface area contributed by atoms with Gasteiger partial charge in [0.1, 0.15) is 6.33 Å². The molecule has 2 aliphatic rings. The van der Waals surface area contributed by atoms with Crippen LogP contribution in [0.15, 0.2) is 12.4 Å². The Kier molecular flexibility index (Phi) is 3.92. The zero-order valence-corrected chi connectivity index (χ0v) is 14.9. The first kappa shape index (κ1) is 15.8. The van der Waals surface area contributed by atoms with Crippen molar-refractivity contribution in [3.63, 3.8) is 0 Å². The van der Waals surface area contributed by atoms with Crippen molar-refractivity contribution in [2.75, 3.05) is 39.2 Å². The fraction of sp³-hybridized carbons (Fsp3) is 0.706. The fourth-order valence-electron chi connectivity index (χ4n) is 4.55. The molecule has 0 radical (unpaired) electrons. The van der Waals surface area contributed by atoms with Crippen LogP contribution in [0.4, 0.5) is 5.69 Å². The molecule has 7 nitrogen and oxygen atoms in total. The van der Waals surface area contributed by atoms with E-state index in [1.807, 2.05) is 14.0 Å². The summed E-state index contributed by atoms with van der Waals surface area (Å²) in [7, 11) is 6.17. The Balaban J connectivity index is 1.61. The van der Waals surface area contributed by atoms with Gasteiger partial charge in [0.15, 0.2) is 0 Å². The molecule has 0 bridgehead atoms. The fourth-order valence-corrected chi connectivity index (χ4v) is 4.55. The Morgan fingerprint density at radius 1 is 1.21 bits per heavy atom. The molecule has 2 aromatic rings. The molecule has 0 amide bonds. The number of fused-ring (bicyclic) bond motifs is 2. The molecular weight excluding hydrogens is 304 g/mol. The predicted octanol–water partition coefficient (Wildman–Crippen LogP) is 1.22. The van der Waals surface area contributed by atoms with E-state index in [0.29, 0.717) is 24.0 Å². The average Bonchev–Trinajstić information content (AvgIpc) is 3.18. The van der Waals surface area contributed by atoms with Gasteiger partial charge in [-0.1, -0.05) is 0 Å².